The number of hydrogen-bond donors (Lipinski definition) is 1. The molecule has 2 N–H and O–H groups in total. The third-order valence-corrected chi connectivity index (χ3v) is 3.62. The maximum absolute atomic E-state index is 12.6. The van der Waals surface area contributed by atoms with Gasteiger partial charge >= 0.3 is 0 Å². The van der Waals surface area contributed by atoms with Crippen LogP contribution in [0.1, 0.15) is 30.1 Å². The number of hydrogen-bond acceptors (Lipinski definition) is 4. The van der Waals surface area contributed by atoms with Gasteiger partial charge in [-0.15, -0.1) is 0 Å². The normalized spacial score (nSPS) is 16.0. The highest BCUT2D eigenvalue weighted by Gasteiger charge is 2.25. The predicted octanol–water partition coefficient (Wildman–Crippen LogP) is 1.67. The summed E-state index contributed by atoms with van der Waals surface area (Å²) in [6, 6.07) is 7.42. The lowest BCUT2D eigenvalue weighted by molar-refractivity contribution is 0.0121. The fourth-order valence-electron chi connectivity index (χ4n) is 2.56. The number of nitrogens with zero attached hydrogens (tertiary/aromatic N) is 1. The van der Waals surface area contributed by atoms with Crippen molar-refractivity contribution in [2.75, 3.05) is 32.8 Å². The van der Waals surface area contributed by atoms with E-state index in [1.54, 1.807) is 0 Å². The fraction of sp³-hybridized carbons (Fsp3) is 0.562. The minimum Gasteiger partial charge on any atom is -0.493 e. The summed E-state index contributed by atoms with van der Waals surface area (Å²) in [6.45, 7) is 5.04. The molecule has 0 saturated carbocycles. The Balaban J connectivity index is 1.96. The molecule has 2 rings (SSSR count). The number of carbonyl (C=O) groups excluding carboxylic acids is 1. The van der Waals surface area contributed by atoms with Gasteiger partial charge in [-0.2, -0.15) is 0 Å². The van der Waals surface area contributed by atoms with Crippen LogP contribution in [0.5, 0.6) is 5.75 Å². The Labute approximate surface area is 126 Å². The van der Waals surface area contributed by atoms with Crippen LogP contribution in [0.3, 0.4) is 0 Å². The van der Waals surface area contributed by atoms with Crippen LogP contribution in [-0.2, 0) is 4.74 Å². The van der Waals surface area contributed by atoms with Crippen molar-refractivity contribution in [1.82, 2.24) is 4.90 Å². The summed E-state index contributed by atoms with van der Waals surface area (Å²) in [5.74, 6) is 0.697. The van der Waals surface area contributed by atoms with Crippen LogP contribution >= 0.6 is 0 Å². The quantitative estimate of drug-likeness (QED) is 0.866. The van der Waals surface area contributed by atoms with Crippen LogP contribution in [0.4, 0.5) is 0 Å². The van der Waals surface area contributed by atoms with Crippen molar-refractivity contribution in [3.8, 4) is 5.75 Å². The zero-order valence-electron chi connectivity index (χ0n) is 12.6. The number of nitrogens with two attached hydrogens (primary N) is 1. The number of carbonyl (C=O) groups is 1. The molecular weight excluding hydrogens is 268 g/mol. The SMILES string of the molecule is CCOc1ccccc1C(=O)N1CCC(OCCN)CC1. The molecule has 116 valence electrons. The van der Waals surface area contributed by atoms with Crippen molar-refractivity contribution >= 4 is 5.91 Å². The zero-order valence-corrected chi connectivity index (χ0v) is 12.6. The average molecular weight is 292 g/mol. The molecular formula is C16H24N2O3. The second kappa shape index (κ2) is 8.00. The molecule has 0 aliphatic carbocycles. The number of ether oxygens (including phenoxy) is 2. The lowest BCUT2D eigenvalue weighted by Crippen LogP contribution is -2.41. The molecule has 21 heavy (non-hydrogen) atoms. The molecule has 1 amide bonds. The Morgan fingerprint density at radius 2 is 2.05 bits per heavy atom. The van der Waals surface area contributed by atoms with E-state index < -0.39 is 0 Å². The molecule has 0 spiro atoms. The lowest BCUT2D eigenvalue weighted by atomic mass is 10.1. The van der Waals surface area contributed by atoms with Crippen molar-refractivity contribution in [2.45, 2.75) is 25.9 Å². The Hall–Kier alpha value is -1.59. The van der Waals surface area contributed by atoms with Crippen LogP contribution in [0.15, 0.2) is 24.3 Å². The van der Waals surface area contributed by atoms with Gasteiger partial charge in [0.1, 0.15) is 5.75 Å². The van der Waals surface area contributed by atoms with Crippen LogP contribution < -0.4 is 10.5 Å². The first-order chi connectivity index (χ1) is 10.3. The van der Waals surface area contributed by atoms with Crippen molar-refractivity contribution in [1.29, 1.82) is 0 Å². The van der Waals surface area contributed by atoms with E-state index in [0.717, 1.165) is 12.8 Å². The number of para-hydroxylation sites is 1. The molecule has 1 fully saturated rings. The molecule has 0 aromatic heterocycles. The second-order valence-electron chi connectivity index (χ2n) is 5.08. The summed E-state index contributed by atoms with van der Waals surface area (Å²) in [4.78, 5) is 14.5. The minimum atomic E-state index is 0.0383. The van der Waals surface area contributed by atoms with Gasteiger partial charge in [0, 0.05) is 19.6 Å². The molecule has 1 aromatic rings. The van der Waals surface area contributed by atoms with Gasteiger partial charge in [-0.05, 0) is 31.9 Å². The molecule has 1 aliphatic rings. The van der Waals surface area contributed by atoms with E-state index in [-0.39, 0.29) is 12.0 Å². The van der Waals surface area contributed by atoms with Gasteiger partial charge < -0.3 is 20.1 Å². The van der Waals surface area contributed by atoms with Crippen molar-refractivity contribution in [3.63, 3.8) is 0 Å². The van der Waals surface area contributed by atoms with Gasteiger partial charge in [-0.1, -0.05) is 12.1 Å². The van der Waals surface area contributed by atoms with Gasteiger partial charge in [0.15, 0.2) is 0 Å². The molecule has 0 radical (unpaired) electrons. The van der Waals surface area contributed by atoms with E-state index in [0.29, 0.717) is 44.2 Å². The third kappa shape index (κ3) is 4.19. The molecule has 0 bridgehead atoms. The Morgan fingerprint density at radius 3 is 2.71 bits per heavy atom. The van der Waals surface area contributed by atoms with Crippen LogP contribution in [-0.4, -0.2) is 49.8 Å². The summed E-state index contributed by atoms with van der Waals surface area (Å²) < 4.78 is 11.2. The van der Waals surface area contributed by atoms with Gasteiger partial charge in [-0.25, -0.2) is 0 Å². The smallest absolute Gasteiger partial charge is 0.257 e. The van der Waals surface area contributed by atoms with E-state index in [1.807, 2.05) is 36.1 Å². The van der Waals surface area contributed by atoms with E-state index in [2.05, 4.69) is 0 Å². The van der Waals surface area contributed by atoms with E-state index in [4.69, 9.17) is 15.2 Å². The van der Waals surface area contributed by atoms with Crippen molar-refractivity contribution in [3.05, 3.63) is 29.8 Å². The maximum Gasteiger partial charge on any atom is 0.257 e. The first kappa shape index (κ1) is 15.8. The molecule has 1 heterocycles. The molecule has 5 heteroatoms. The van der Waals surface area contributed by atoms with Crippen LogP contribution in [0.2, 0.25) is 0 Å². The number of rotatable bonds is 6. The molecule has 5 nitrogen and oxygen atoms in total. The first-order valence-corrected chi connectivity index (χ1v) is 7.59. The molecule has 1 saturated heterocycles. The summed E-state index contributed by atoms with van der Waals surface area (Å²) >= 11 is 0. The molecule has 0 atom stereocenters. The minimum absolute atomic E-state index is 0.0383. The van der Waals surface area contributed by atoms with Gasteiger partial charge in [0.2, 0.25) is 0 Å². The van der Waals surface area contributed by atoms with Gasteiger partial charge in [-0.3, -0.25) is 4.79 Å². The van der Waals surface area contributed by atoms with Crippen LogP contribution in [0, 0.1) is 0 Å². The van der Waals surface area contributed by atoms with E-state index >= 15 is 0 Å². The second-order valence-corrected chi connectivity index (χ2v) is 5.08. The highest BCUT2D eigenvalue weighted by atomic mass is 16.5. The monoisotopic (exact) mass is 292 g/mol. The summed E-state index contributed by atoms with van der Waals surface area (Å²) in [7, 11) is 0. The van der Waals surface area contributed by atoms with E-state index in [1.165, 1.54) is 0 Å². The number of piperidine rings is 1. The maximum atomic E-state index is 12.6. The van der Waals surface area contributed by atoms with Crippen molar-refractivity contribution in [2.24, 2.45) is 5.73 Å². The van der Waals surface area contributed by atoms with Gasteiger partial charge in [0.25, 0.3) is 5.91 Å². The highest BCUT2D eigenvalue weighted by Crippen LogP contribution is 2.22. The Bertz CT molecular complexity index is 457. The fourth-order valence-corrected chi connectivity index (χ4v) is 2.56. The van der Waals surface area contributed by atoms with Crippen molar-refractivity contribution < 1.29 is 14.3 Å². The summed E-state index contributed by atoms with van der Waals surface area (Å²) in [5, 5.41) is 0. The standard InChI is InChI=1S/C16H24N2O3/c1-2-20-15-6-4-3-5-14(15)16(19)18-10-7-13(8-11-18)21-12-9-17/h3-6,13H,2,7-12,17H2,1H3. The molecule has 1 aliphatic heterocycles. The molecule has 1 aromatic carbocycles. The third-order valence-electron chi connectivity index (χ3n) is 3.62. The zero-order chi connectivity index (χ0) is 15.1. The lowest BCUT2D eigenvalue weighted by Gasteiger charge is -2.32. The summed E-state index contributed by atoms with van der Waals surface area (Å²) in [6.07, 6.45) is 1.95. The number of amides is 1. The largest absolute Gasteiger partial charge is 0.493 e. The molecule has 0 unspecified atom stereocenters. The van der Waals surface area contributed by atoms with Crippen LogP contribution in [0.25, 0.3) is 0 Å². The summed E-state index contributed by atoms with van der Waals surface area (Å²) in [5.41, 5.74) is 6.08. The van der Waals surface area contributed by atoms with Gasteiger partial charge in [0.05, 0.1) is 24.9 Å². The Kier molecular flexibility index (Phi) is 6.02. The Morgan fingerprint density at radius 1 is 1.33 bits per heavy atom. The predicted molar refractivity (Wildman–Crippen MR) is 81.5 cm³/mol. The topological polar surface area (TPSA) is 64.8 Å². The van der Waals surface area contributed by atoms with E-state index in [9.17, 15) is 4.79 Å². The first-order valence-electron chi connectivity index (χ1n) is 7.59. The highest BCUT2D eigenvalue weighted by molar-refractivity contribution is 5.97. The number of likely N-dealkylation sites (tertiary alicyclic amines) is 1. The number of benzene rings is 1. The average Bonchev–Trinajstić information content (AvgIpc) is 2.53.